The zero-order valence-corrected chi connectivity index (χ0v) is 35.0. The van der Waals surface area contributed by atoms with Crippen LogP contribution in [-0.2, 0) is 61.9 Å². The summed E-state index contributed by atoms with van der Waals surface area (Å²) in [7, 11) is 0. The van der Waals surface area contributed by atoms with Crippen molar-refractivity contribution >= 4 is 29.6 Å². The molecule has 17 heteroatoms. The lowest BCUT2D eigenvalue weighted by Gasteiger charge is -2.12. The van der Waals surface area contributed by atoms with E-state index in [1.54, 1.807) is 0 Å². The first-order chi connectivity index (χ1) is 28.2. The molecule has 58 heavy (non-hydrogen) atoms. The molecule has 17 nitrogen and oxygen atoms in total. The first-order valence-corrected chi connectivity index (χ1v) is 21.3. The van der Waals surface area contributed by atoms with Gasteiger partial charge in [0.05, 0.1) is 118 Å². The molecule has 0 bridgehead atoms. The third kappa shape index (κ3) is 44.3. The molecule has 0 aromatic rings. The number of unbranched alkanes of at least 4 members (excludes halogenated alkanes) is 11. The molecule has 0 rings (SSSR count). The van der Waals surface area contributed by atoms with Gasteiger partial charge in [-0.05, 0) is 19.3 Å². The fourth-order valence-corrected chi connectivity index (χ4v) is 5.51. The van der Waals surface area contributed by atoms with Crippen molar-refractivity contribution in [2.75, 3.05) is 112 Å². The Kier molecular flexibility index (Phi) is 41.7. The van der Waals surface area contributed by atoms with Gasteiger partial charge in [0.1, 0.15) is 5.78 Å². The number of amides is 1. The van der Waals surface area contributed by atoms with E-state index in [0.717, 1.165) is 51.4 Å². The number of carboxylic acid groups (broad SMARTS) is 3. The maximum atomic E-state index is 12.4. The van der Waals surface area contributed by atoms with Crippen LogP contribution in [0.3, 0.4) is 0 Å². The summed E-state index contributed by atoms with van der Waals surface area (Å²) in [5.41, 5.74) is 0. The highest BCUT2D eigenvalue weighted by Crippen LogP contribution is 2.17. The van der Waals surface area contributed by atoms with E-state index in [0.29, 0.717) is 112 Å². The second kappa shape index (κ2) is 43.8. The van der Waals surface area contributed by atoms with E-state index in [2.05, 4.69) is 5.32 Å². The molecule has 0 unspecified atom stereocenters. The largest absolute Gasteiger partial charge is 0.481 e. The summed E-state index contributed by atoms with van der Waals surface area (Å²) in [5, 5.41) is 29.4. The molecule has 0 aromatic heterocycles. The molecule has 0 saturated carbocycles. The molecule has 4 N–H and O–H groups in total. The van der Waals surface area contributed by atoms with Crippen LogP contribution < -0.4 is 5.32 Å². The van der Waals surface area contributed by atoms with Crippen molar-refractivity contribution in [1.82, 2.24) is 5.32 Å². The summed E-state index contributed by atoms with van der Waals surface area (Å²) in [6.07, 6.45) is 13.4. The smallest absolute Gasteiger partial charge is 0.306 e. The first kappa shape index (κ1) is 55.2. The molecule has 0 aliphatic heterocycles. The van der Waals surface area contributed by atoms with Gasteiger partial charge in [-0.15, -0.1) is 0 Å². The van der Waals surface area contributed by atoms with Crippen LogP contribution >= 0.6 is 0 Å². The summed E-state index contributed by atoms with van der Waals surface area (Å²) in [6, 6.07) is 0. The van der Waals surface area contributed by atoms with Gasteiger partial charge in [-0.3, -0.25) is 24.0 Å². The van der Waals surface area contributed by atoms with E-state index in [4.69, 9.17) is 48.1 Å². The van der Waals surface area contributed by atoms with Crippen molar-refractivity contribution in [2.45, 2.75) is 116 Å². The second-order valence-corrected chi connectivity index (χ2v) is 13.8. The normalized spacial score (nSPS) is 11.8. The van der Waals surface area contributed by atoms with E-state index in [9.17, 15) is 29.1 Å². The van der Waals surface area contributed by atoms with E-state index in [1.165, 1.54) is 25.7 Å². The van der Waals surface area contributed by atoms with Gasteiger partial charge in [-0.1, -0.05) is 64.2 Å². The van der Waals surface area contributed by atoms with Crippen LogP contribution in [-0.4, -0.2) is 157 Å². The molecular formula is C41H75NO16. The van der Waals surface area contributed by atoms with Gasteiger partial charge < -0.3 is 58.5 Å². The van der Waals surface area contributed by atoms with Gasteiger partial charge in [0.2, 0.25) is 5.91 Å². The fourth-order valence-electron chi connectivity index (χ4n) is 5.51. The number of rotatable bonds is 48. The van der Waals surface area contributed by atoms with E-state index < -0.39 is 23.8 Å². The maximum absolute atomic E-state index is 12.4. The average Bonchev–Trinajstić information content (AvgIpc) is 3.18. The zero-order valence-electron chi connectivity index (χ0n) is 35.0. The van der Waals surface area contributed by atoms with Crippen LogP contribution in [0.25, 0.3) is 0 Å². The van der Waals surface area contributed by atoms with E-state index >= 15 is 0 Å². The predicted molar refractivity (Wildman–Crippen MR) is 214 cm³/mol. The van der Waals surface area contributed by atoms with Crippen molar-refractivity contribution in [3.8, 4) is 0 Å². The Bertz CT molecular complexity index is 1000. The molecular weight excluding hydrogens is 762 g/mol. The lowest BCUT2D eigenvalue weighted by atomic mass is 9.94. The lowest BCUT2D eigenvalue weighted by Crippen LogP contribution is -2.29. The fraction of sp³-hybridized carbons (Fsp3) is 0.878. The quantitative estimate of drug-likeness (QED) is 0.0609. The van der Waals surface area contributed by atoms with Gasteiger partial charge in [-0.25, -0.2) is 0 Å². The molecule has 340 valence electrons. The highest BCUT2D eigenvalue weighted by atomic mass is 16.6. The minimum atomic E-state index is -1.05. The number of Topliss-reactive ketones (excluding diaryl/α,β-unsaturated/α-hetero) is 1. The van der Waals surface area contributed by atoms with Gasteiger partial charge >= 0.3 is 17.9 Å². The van der Waals surface area contributed by atoms with Crippen molar-refractivity contribution in [2.24, 2.45) is 5.92 Å². The van der Waals surface area contributed by atoms with Gasteiger partial charge in [-0.2, -0.15) is 0 Å². The Morgan fingerprint density at radius 3 is 1.07 bits per heavy atom. The van der Waals surface area contributed by atoms with Gasteiger partial charge in [0, 0.05) is 32.2 Å². The van der Waals surface area contributed by atoms with Crippen LogP contribution in [0.15, 0.2) is 0 Å². The van der Waals surface area contributed by atoms with Gasteiger partial charge in [0.25, 0.3) is 0 Å². The summed E-state index contributed by atoms with van der Waals surface area (Å²) in [6.45, 7) is 6.55. The summed E-state index contributed by atoms with van der Waals surface area (Å²) in [4.78, 5) is 57.1. The highest BCUT2D eigenvalue weighted by Gasteiger charge is 2.22. The number of carbonyl (C=O) groups excluding carboxylic acids is 2. The minimum Gasteiger partial charge on any atom is -0.481 e. The Balaban J connectivity index is 3.48. The topological polar surface area (TPSA) is 232 Å². The van der Waals surface area contributed by atoms with Crippen LogP contribution in [0.5, 0.6) is 0 Å². The molecule has 0 fully saturated rings. The molecule has 0 heterocycles. The number of hydrogen-bond donors (Lipinski definition) is 4. The number of ether oxygens (including phenoxy) is 8. The monoisotopic (exact) mass is 838 g/mol. The number of hydrogen-bond acceptors (Lipinski definition) is 13. The summed E-state index contributed by atoms with van der Waals surface area (Å²) >= 11 is 0. The molecule has 1 atom stereocenters. The number of carboxylic acids is 3. The Morgan fingerprint density at radius 1 is 0.379 bits per heavy atom. The predicted octanol–water partition coefficient (Wildman–Crippen LogP) is 4.70. The van der Waals surface area contributed by atoms with Crippen LogP contribution in [0.4, 0.5) is 0 Å². The number of carbonyl (C=O) groups is 5. The molecule has 0 spiro atoms. The zero-order chi connectivity index (χ0) is 42.6. The summed E-state index contributed by atoms with van der Waals surface area (Å²) in [5.74, 6) is -3.87. The molecule has 0 radical (unpaired) electrons. The molecule has 0 aromatic carbocycles. The third-order valence-electron chi connectivity index (χ3n) is 8.77. The average molecular weight is 838 g/mol. The van der Waals surface area contributed by atoms with Gasteiger partial charge in [0.15, 0.2) is 0 Å². The van der Waals surface area contributed by atoms with Crippen LogP contribution in [0.2, 0.25) is 0 Å². The molecule has 0 aliphatic carbocycles. The number of nitrogens with one attached hydrogen (secondary N) is 1. The Labute approximate surface area is 345 Å². The maximum Gasteiger partial charge on any atom is 0.306 e. The second-order valence-electron chi connectivity index (χ2n) is 13.8. The van der Waals surface area contributed by atoms with Crippen molar-refractivity contribution in [1.29, 1.82) is 0 Å². The van der Waals surface area contributed by atoms with Crippen molar-refractivity contribution in [3.63, 3.8) is 0 Å². The molecule has 0 saturated heterocycles. The van der Waals surface area contributed by atoms with Crippen molar-refractivity contribution < 1.29 is 77.2 Å². The Morgan fingerprint density at radius 2 is 0.707 bits per heavy atom. The van der Waals surface area contributed by atoms with Crippen molar-refractivity contribution in [3.05, 3.63) is 0 Å². The SMILES string of the molecule is O=C(O)CCCCCCCCCCCCCCC(=O)C[C@@H](CCC(=O)NCCOCCOCCOCCOCCOCCOCCOCCOCCC(=O)O)C(=O)O. The minimum absolute atomic E-state index is 0.0186. The third-order valence-corrected chi connectivity index (χ3v) is 8.77. The van der Waals surface area contributed by atoms with Crippen LogP contribution in [0, 0.1) is 5.92 Å². The summed E-state index contributed by atoms with van der Waals surface area (Å²) < 4.78 is 43.1. The molecule has 1 amide bonds. The van der Waals surface area contributed by atoms with Crippen LogP contribution in [0.1, 0.15) is 116 Å². The first-order valence-electron chi connectivity index (χ1n) is 21.3. The number of aliphatic carboxylic acids is 3. The molecule has 0 aliphatic rings. The van der Waals surface area contributed by atoms with E-state index in [-0.39, 0.29) is 50.4 Å². The standard InChI is InChI=1S/C41H75NO16/c43-37(13-11-9-7-5-3-1-2-4-6-8-10-12-14-39(45)46)35-36(41(49)50)15-16-38(44)42-18-20-52-22-24-54-26-28-56-30-32-58-34-33-57-31-29-55-27-25-53-23-21-51-19-17-40(47)48/h36H,1-35H2,(H,42,44)(H,45,46)(H,47,48)(H,49,50)/t36-/m1/s1. The van der Waals surface area contributed by atoms with E-state index in [1.807, 2.05) is 0 Å². The highest BCUT2D eigenvalue weighted by molar-refractivity contribution is 5.84. The lowest BCUT2D eigenvalue weighted by molar-refractivity contribution is -0.144. The number of ketones is 1. The Hall–Kier alpha value is -2.77.